The summed E-state index contributed by atoms with van der Waals surface area (Å²) in [6.45, 7) is 4.53. The van der Waals surface area contributed by atoms with E-state index in [-0.39, 0.29) is 0 Å². The Bertz CT molecular complexity index is 166. The molecular weight excluding hydrogens is 496 g/mol. The van der Waals surface area contributed by atoms with Crippen molar-refractivity contribution in [1.29, 1.82) is 0 Å². The van der Waals surface area contributed by atoms with Crippen molar-refractivity contribution in [2.75, 3.05) is 0 Å². The zero-order valence-electron chi connectivity index (χ0n) is 10.2. The summed E-state index contributed by atoms with van der Waals surface area (Å²) in [6, 6.07) is 5.40. The lowest BCUT2D eigenvalue weighted by Gasteiger charge is -2.19. The average molecular weight is 518 g/mol. The van der Waals surface area contributed by atoms with Gasteiger partial charge in [-0.25, -0.2) is 0 Å². The maximum Gasteiger partial charge on any atom is 0.201 e. The Balaban J connectivity index is 3.67. The van der Waals surface area contributed by atoms with Crippen LogP contribution in [0.1, 0.15) is 39.5 Å². The largest absolute Gasteiger partial charge is 0.201 e. The standard InChI is InChI=1S/C10H22Br4Si2/c1-3-7-15(11,12)9-5-6-10-16(13,14)8-4-2/h3-10H2,1-2H3. The first kappa shape index (κ1) is 18.4. The molecule has 98 valence electrons. The van der Waals surface area contributed by atoms with Crippen LogP contribution < -0.4 is 0 Å². The summed E-state index contributed by atoms with van der Waals surface area (Å²) in [5.41, 5.74) is 0. The van der Waals surface area contributed by atoms with Crippen molar-refractivity contribution in [2.24, 2.45) is 0 Å². The molecule has 0 rings (SSSR count). The van der Waals surface area contributed by atoms with Crippen molar-refractivity contribution < 1.29 is 0 Å². The van der Waals surface area contributed by atoms with Crippen LogP contribution in [-0.2, 0) is 0 Å². The maximum absolute atomic E-state index is 3.90. The maximum atomic E-state index is 3.90. The Kier molecular flexibility index (Phi) is 10.7. The summed E-state index contributed by atoms with van der Waals surface area (Å²) in [4.78, 5) is 0. The molecule has 0 aromatic rings. The summed E-state index contributed by atoms with van der Waals surface area (Å²) < 4.78 is 0. The molecule has 16 heavy (non-hydrogen) atoms. The summed E-state index contributed by atoms with van der Waals surface area (Å²) in [7, 11) is 0. The fourth-order valence-electron chi connectivity index (χ4n) is 1.75. The van der Waals surface area contributed by atoms with Gasteiger partial charge in [0.1, 0.15) is 0 Å². The number of unbranched alkanes of at least 4 members (excludes halogenated alkanes) is 1. The van der Waals surface area contributed by atoms with E-state index in [1.165, 1.54) is 49.9 Å². The molecule has 0 aliphatic heterocycles. The number of rotatable bonds is 9. The van der Waals surface area contributed by atoms with Gasteiger partial charge in [0.2, 0.25) is 10.6 Å². The molecule has 0 aliphatic carbocycles. The molecule has 0 spiro atoms. The van der Waals surface area contributed by atoms with Crippen LogP contribution in [0.15, 0.2) is 0 Å². The normalized spacial score (nSPS) is 13.1. The highest BCUT2D eigenvalue weighted by molar-refractivity contribution is 9.51. The third kappa shape index (κ3) is 10.3. The van der Waals surface area contributed by atoms with E-state index in [2.05, 4.69) is 75.0 Å². The second-order valence-electron chi connectivity index (χ2n) is 4.42. The van der Waals surface area contributed by atoms with Crippen molar-refractivity contribution in [3.63, 3.8) is 0 Å². The Morgan fingerprint density at radius 2 is 0.938 bits per heavy atom. The SMILES string of the molecule is CCC[Si](Br)(Br)CCCC[Si](Br)(Br)CCC. The fraction of sp³-hybridized carbons (Fsp3) is 1.00. The van der Waals surface area contributed by atoms with Crippen molar-refractivity contribution in [2.45, 2.75) is 63.7 Å². The molecule has 0 unspecified atom stereocenters. The minimum atomic E-state index is -1.21. The van der Waals surface area contributed by atoms with Crippen molar-refractivity contribution >= 4 is 71.8 Å². The molecule has 0 bridgehead atoms. The van der Waals surface area contributed by atoms with E-state index in [1.54, 1.807) is 0 Å². The molecule has 0 aromatic carbocycles. The van der Waals surface area contributed by atoms with Gasteiger partial charge in [-0.3, -0.25) is 0 Å². The van der Waals surface area contributed by atoms with Gasteiger partial charge in [-0.1, -0.05) is 39.5 Å². The van der Waals surface area contributed by atoms with Crippen LogP contribution >= 0.6 is 61.2 Å². The molecule has 6 heteroatoms. The third-order valence-electron chi connectivity index (χ3n) is 2.57. The van der Waals surface area contributed by atoms with Crippen molar-refractivity contribution in [3.05, 3.63) is 0 Å². The fourth-order valence-corrected chi connectivity index (χ4v) is 13.4. The first-order valence-corrected chi connectivity index (χ1v) is 19.9. The van der Waals surface area contributed by atoms with Crippen LogP contribution in [-0.4, -0.2) is 10.6 Å². The van der Waals surface area contributed by atoms with E-state index in [4.69, 9.17) is 0 Å². The zero-order valence-corrected chi connectivity index (χ0v) is 18.5. The molecule has 0 aromatic heterocycles. The molecule has 0 aliphatic rings. The minimum Gasteiger partial charge on any atom is -0.111 e. The highest BCUT2D eigenvalue weighted by atomic mass is 79.9. The predicted molar refractivity (Wildman–Crippen MR) is 96.3 cm³/mol. The Morgan fingerprint density at radius 1 is 0.625 bits per heavy atom. The first-order valence-electron chi connectivity index (χ1n) is 6.08. The molecule has 0 saturated heterocycles. The first-order chi connectivity index (χ1) is 7.33. The Hall–Kier alpha value is 2.35. The lowest BCUT2D eigenvalue weighted by atomic mass is 10.4. The van der Waals surface area contributed by atoms with Gasteiger partial charge in [0.15, 0.2) is 0 Å². The molecular formula is C10H22Br4Si2. The zero-order chi connectivity index (χ0) is 12.7. The lowest BCUT2D eigenvalue weighted by Crippen LogP contribution is -2.18. The summed E-state index contributed by atoms with van der Waals surface area (Å²) in [5.74, 6) is 0. The van der Waals surface area contributed by atoms with Crippen LogP contribution in [0.2, 0.25) is 24.2 Å². The molecule has 0 N–H and O–H groups in total. The van der Waals surface area contributed by atoms with Crippen molar-refractivity contribution in [1.82, 2.24) is 0 Å². The quantitative estimate of drug-likeness (QED) is 0.175. The van der Waals surface area contributed by atoms with Crippen LogP contribution in [0, 0.1) is 0 Å². The van der Waals surface area contributed by atoms with Crippen LogP contribution in [0.25, 0.3) is 0 Å². The van der Waals surface area contributed by atoms with Gasteiger partial charge in [-0.05, 0) is 24.2 Å². The molecule has 0 amide bonds. The molecule has 0 atom stereocenters. The molecule has 0 fully saturated rings. The minimum absolute atomic E-state index is 1.21. The van der Waals surface area contributed by atoms with E-state index in [9.17, 15) is 0 Å². The summed E-state index contributed by atoms with van der Waals surface area (Å²) in [6.07, 6.45) is 5.29. The Morgan fingerprint density at radius 3 is 1.19 bits per heavy atom. The average Bonchev–Trinajstić information content (AvgIpc) is 2.12. The highest BCUT2D eigenvalue weighted by Gasteiger charge is 2.27. The molecule has 0 radical (unpaired) electrons. The van der Waals surface area contributed by atoms with E-state index >= 15 is 0 Å². The predicted octanol–water partition coefficient (Wildman–Crippen LogP) is 7.05. The van der Waals surface area contributed by atoms with Crippen molar-refractivity contribution in [3.8, 4) is 0 Å². The van der Waals surface area contributed by atoms with Gasteiger partial charge < -0.3 is 0 Å². The molecule has 0 nitrogen and oxygen atoms in total. The Labute approximate surface area is 134 Å². The smallest absolute Gasteiger partial charge is 0.111 e. The van der Waals surface area contributed by atoms with Gasteiger partial charge >= 0.3 is 0 Å². The topological polar surface area (TPSA) is 0 Å². The number of hydrogen-bond donors (Lipinski definition) is 0. The van der Waals surface area contributed by atoms with Gasteiger partial charge in [-0.15, -0.1) is 61.2 Å². The lowest BCUT2D eigenvalue weighted by molar-refractivity contribution is 0.858. The molecule has 0 heterocycles. The number of halogens is 4. The van der Waals surface area contributed by atoms with Crippen LogP contribution in [0.3, 0.4) is 0 Å². The summed E-state index contributed by atoms with van der Waals surface area (Å²) >= 11 is 15.6. The van der Waals surface area contributed by atoms with Gasteiger partial charge in [-0.2, -0.15) is 0 Å². The van der Waals surface area contributed by atoms with Crippen LogP contribution in [0.5, 0.6) is 0 Å². The third-order valence-corrected chi connectivity index (χ3v) is 16.7. The second-order valence-corrected chi connectivity index (χ2v) is 34.4. The monoisotopic (exact) mass is 514 g/mol. The van der Waals surface area contributed by atoms with Gasteiger partial charge in [0.25, 0.3) is 0 Å². The summed E-state index contributed by atoms with van der Waals surface area (Å²) in [5, 5.41) is -2.42. The van der Waals surface area contributed by atoms with E-state index in [0.29, 0.717) is 0 Å². The van der Waals surface area contributed by atoms with E-state index in [0.717, 1.165) is 0 Å². The molecule has 0 saturated carbocycles. The van der Waals surface area contributed by atoms with Gasteiger partial charge in [0, 0.05) is 0 Å². The van der Waals surface area contributed by atoms with Crippen LogP contribution in [0.4, 0.5) is 0 Å². The second kappa shape index (κ2) is 9.29. The van der Waals surface area contributed by atoms with Gasteiger partial charge in [0.05, 0.1) is 0 Å². The number of hydrogen-bond acceptors (Lipinski definition) is 0. The van der Waals surface area contributed by atoms with E-state index in [1.807, 2.05) is 0 Å². The highest BCUT2D eigenvalue weighted by Crippen LogP contribution is 2.36. The van der Waals surface area contributed by atoms with E-state index < -0.39 is 10.6 Å².